The molecule has 3 rings (SSSR count). The third-order valence-electron chi connectivity index (χ3n) is 4.56. The number of hydrogen-bond donors (Lipinski definition) is 1. The number of nitrogens with one attached hydrogen (secondary N) is 1. The van der Waals surface area contributed by atoms with Crippen LogP contribution < -0.4 is 5.32 Å². The summed E-state index contributed by atoms with van der Waals surface area (Å²) in [6, 6.07) is 0. The Morgan fingerprint density at radius 2 is 2.18 bits per heavy atom. The lowest BCUT2D eigenvalue weighted by molar-refractivity contribution is 0.0893. The van der Waals surface area contributed by atoms with Crippen LogP contribution in [0.2, 0.25) is 0 Å². The summed E-state index contributed by atoms with van der Waals surface area (Å²) >= 11 is 0. The summed E-state index contributed by atoms with van der Waals surface area (Å²) in [5.41, 5.74) is 4.78. The summed E-state index contributed by atoms with van der Waals surface area (Å²) in [5, 5.41) is 12.3. The third-order valence-corrected chi connectivity index (χ3v) is 4.56. The molecule has 1 aliphatic heterocycles. The van der Waals surface area contributed by atoms with Crippen LogP contribution in [0.5, 0.6) is 0 Å². The zero-order valence-corrected chi connectivity index (χ0v) is 13.8. The number of ether oxygens (including phenoxy) is 1. The van der Waals surface area contributed by atoms with Crippen molar-refractivity contribution >= 4 is 0 Å². The van der Waals surface area contributed by atoms with E-state index < -0.39 is 0 Å². The number of hydrogen-bond acceptors (Lipinski definition) is 4. The van der Waals surface area contributed by atoms with Crippen LogP contribution in [0.25, 0.3) is 0 Å². The lowest BCUT2D eigenvalue weighted by atomic mass is 9.94. The maximum Gasteiger partial charge on any atom is 0.0901 e. The molecule has 3 heterocycles. The Balaban J connectivity index is 1.63. The summed E-state index contributed by atoms with van der Waals surface area (Å²) in [6.45, 7) is 6.83. The second-order valence-electron chi connectivity index (χ2n) is 6.20. The van der Waals surface area contributed by atoms with E-state index in [-0.39, 0.29) is 6.10 Å². The van der Waals surface area contributed by atoms with Crippen molar-refractivity contribution in [1.29, 1.82) is 0 Å². The highest BCUT2D eigenvalue weighted by atomic mass is 16.5. The summed E-state index contributed by atoms with van der Waals surface area (Å²) < 4.78 is 9.81. The largest absolute Gasteiger partial charge is 0.373 e. The summed E-state index contributed by atoms with van der Waals surface area (Å²) in [4.78, 5) is 0. The fourth-order valence-corrected chi connectivity index (χ4v) is 3.33. The van der Waals surface area contributed by atoms with Gasteiger partial charge in [0.1, 0.15) is 0 Å². The van der Waals surface area contributed by atoms with Crippen LogP contribution in [0.3, 0.4) is 0 Å². The Labute approximate surface area is 131 Å². The van der Waals surface area contributed by atoms with Gasteiger partial charge in [0.25, 0.3) is 0 Å². The van der Waals surface area contributed by atoms with Crippen molar-refractivity contribution < 1.29 is 4.74 Å². The van der Waals surface area contributed by atoms with E-state index in [1.165, 1.54) is 16.8 Å². The molecular weight excluding hydrogens is 278 g/mol. The smallest absolute Gasteiger partial charge is 0.0901 e. The highest BCUT2D eigenvalue weighted by Crippen LogP contribution is 2.37. The number of rotatable bonds is 5. The minimum absolute atomic E-state index is 0.162. The number of aromatic nitrogens is 4. The molecule has 1 fully saturated rings. The molecule has 0 aromatic carbocycles. The molecule has 0 bridgehead atoms. The third kappa shape index (κ3) is 2.94. The van der Waals surface area contributed by atoms with Crippen molar-refractivity contribution in [3.05, 3.63) is 34.9 Å². The molecule has 0 spiro atoms. The van der Waals surface area contributed by atoms with Gasteiger partial charge in [-0.15, -0.1) is 0 Å². The van der Waals surface area contributed by atoms with E-state index in [9.17, 15) is 0 Å². The van der Waals surface area contributed by atoms with E-state index in [4.69, 9.17) is 4.74 Å². The molecule has 0 saturated carbocycles. The molecule has 2 aromatic rings. The molecule has 1 saturated heterocycles. The molecule has 0 radical (unpaired) electrons. The highest BCUT2D eigenvalue weighted by molar-refractivity contribution is 5.28. The van der Waals surface area contributed by atoms with E-state index >= 15 is 0 Å². The fourth-order valence-electron chi connectivity index (χ4n) is 3.33. The van der Waals surface area contributed by atoms with Crippen LogP contribution in [-0.4, -0.2) is 32.7 Å². The maximum absolute atomic E-state index is 6.02. The van der Waals surface area contributed by atoms with Gasteiger partial charge >= 0.3 is 0 Å². The predicted molar refractivity (Wildman–Crippen MR) is 84.4 cm³/mol. The van der Waals surface area contributed by atoms with Gasteiger partial charge in [0.2, 0.25) is 0 Å². The Bertz CT molecular complexity index is 645. The van der Waals surface area contributed by atoms with Crippen molar-refractivity contribution in [2.75, 3.05) is 13.2 Å². The van der Waals surface area contributed by atoms with Gasteiger partial charge in [-0.25, -0.2) is 0 Å². The second-order valence-corrected chi connectivity index (χ2v) is 6.20. The van der Waals surface area contributed by atoms with Crippen LogP contribution >= 0.6 is 0 Å². The second kappa shape index (κ2) is 6.22. The quantitative estimate of drug-likeness (QED) is 0.912. The van der Waals surface area contributed by atoms with Crippen LogP contribution in [0.15, 0.2) is 12.4 Å². The van der Waals surface area contributed by atoms with Gasteiger partial charge in [-0.05, 0) is 20.3 Å². The molecule has 2 unspecified atom stereocenters. The van der Waals surface area contributed by atoms with E-state index in [0.717, 1.165) is 31.8 Å². The highest BCUT2D eigenvalue weighted by Gasteiger charge is 2.33. The van der Waals surface area contributed by atoms with Crippen LogP contribution in [0.1, 0.15) is 35.0 Å². The van der Waals surface area contributed by atoms with Crippen LogP contribution in [-0.2, 0) is 25.4 Å². The molecule has 6 heteroatoms. The Hall–Kier alpha value is -1.66. The summed E-state index contributed by atoms with van der Waals surface area (Å²) in [6.07, 6.45) is 5.21. The zero-order chi connectivity index (χ0) is 15.7. The van der Waals surface area contributed by atoms with Crippen molar-refractivity contribution in [3.8, 4) is 0 Å². The van der Waals surface area contributed by atoms with Gasteiger partial charge < -0.3 is 10.1 Å². The Kier molecular flexibility index (Phi) is 4.31. The maximum atomic E-state index is 6.02. The molecule has 0 amide bonds. The Morgan fingerprint density at radius 1 is 1.36 bits per heavy atom. The van der Waals surface area contributed by atoms with Crippen molar-refractivity contribution in [2.45, 2.75) is 32.9 Å². The van der Waals surface area contributed by atoms with Gasteiger partial charge in [-0.1, -0.05) is 0 Å². The molecule has 2 aromatic heterocycles. The monoisotopic (exact) mass is 303 g/mol. The predicted octanol–water partition coefficient (Wildman–Crippen LogP) is 1.64. The van der Waals surface area contributed by atoms with Gasteiger partial charge in [0, 0.05) is 62.7 Å². The molecule has 1 N–H and O–H groups in total. The average molecular weight is 303 g/mol. The van der Waals surface area contributed by atoms with Gasteiger partial charge in [-0.2, -0.15) is 10.2 Å². The number of nitrogens with zero attached hydrogens (tertiary/aromatic N) is 4. The van der Waals surface area contributed by atoms with Gasteiger partial charge in [-0.3, -0.25) is 9.36 Å². The van der Waals surface area contributed by atoms with Gasteiger partial charge in [0.15, 0.2) is 0 Å². The van der Waals surface area contributed by atoms with Crippen molar-refractivity contribution in [1.82, 2.24) is 24.9 Å². The molecule has 1 aliphatic rings. The first-order valence-electron chi connectivity index (χ1n) is 7.86. The minimum Gasteiger partial charge on any atom is -0.373 e. The van der Waals surface area contributed by atoms with Crippen molar-refractivity contribution in [2.24, 2.45) is 20.0 Å². The van der Waals surface area contributed by atoms with E-state index in [0.29, 0.717) is 5.92 Å². The lowest BCUT2D eigenvalue weighted by Crippen LogP contribution is -2.25. The van der Waals surface area contributed by atoms with Gasteiger partial charge in [0.05, 0.1) is 18.0 Å². The SMILES string of the molecule is Cc1nn(C)c(C)c1C1OCCC1CNCc1cnn(C)c1. The molecule has 6 nitrogen and oxygen atoms in total. The normalized spacial score (nSPS) is 21.6. The molecule has 2 atom stereocenters. The van der Waals surface area contributed by atoms with Crippen LogP contribution in [0.4, 0.5) is 0 Å². The standard InChI is InChI=1S/C16H25N5O/c1-11-15(12(2)21(4)19-11)16-14(5-6-22-16)9-17-7-13-8-18-20(3)10-13/h8,10,14,16-17H,5-7,9H2,1-4H3. The molecule has 120 valence electrons. The number of aryl methyl sites for hydroxylation is 3. The fraction of sp³-hybridized carbons (Fsp3) is 0.625. The molecule has 22 heavy (non-hydrogen) atoms. The van der Waals surface area contributed by atoms with Crippen LogP contribution in [0, 0.1) is 19.8 Å². The van der Waals surface area contributed by atoms with E-state index in [1.807, 2.05) is 35.9 Å². The van der Waals surface area contributed by atoms with Crippen molar-refractivity contribution in [3.63, 3.8) is 0 Å². The zero-order valence-electron chi connectivity index (χ0n) is 13.8. The first-order chi connectivity index (χ1) is 10.6. The Morgan fingerprint density at radius 3 is 2.82 bits per heavy atom. The lowest BCUT2D eigenvalue weighted by Gasteiger charge is -2.19. The summed E-state index contributed by atoms with van der Waals surface area (Å²) in [7, 11) is 3.94. The average Bonchev–Trinajstić information content (AvgIpc) is 3.14. The summed E-state index contributed by atoms with van der Waals surface area (Å²) in [5.74, 6) is 0.498. The first kappa shape index (κ1) is 15.2. The molecule has 0 aliphatic carbocycles. The minimum atomic E-state index is 0.162. The first-order valence-corrected chi connectivity index (χ1v) is 7.86. The molecular formula is C16H25N5O. The topological polar surface area (TPSA) is 56.9 Å². The van der Waals surface area contributed by atoms with E-state index in [1.54, 1.807) is 0 Å². The van der Waals surface area contributed by atoms with E-state index in [2.05, 4.69) is 29.4 Å².